The van der Waals surface area contributed by atoms with Gasteiger partial charge >= 0.3 is 0 Å². The van der Waals surface area contributed by atoms with Crippen molar-refractivity contribution in [1.29, 1.82) is 0 Å². The molecule has 0 saturated carbocycles. The van der Waals surface area contributed by atoms with Crippen molar-refractivity contribution in [1.82, 2.24) is 9.97 Å². The molecule has 1 fully saturated rings. The lowest BCUT2D eigenvalue weighted by Gasteiger charge is -2.12. The van der Waals surface area contributed by atoms with E-state index < -0.39 is 0 Å². The zero-order chi connectivity index (χ0) is 11.8. The third-order valence-electron chi connectivity index (χ3n) is 2.62. The molecule has 1 aliphatic rings. The molecule has 0 radical (unpaired) electrons. The van der Waals surface area contributed by atoms with E-state index in [1.165, 1.54) is 16.7 Å². The Bertz CT molecular complexity index is 652. The molecule has 0 spiro atoms. The van der Waals surface area contributed by atoms with Crippen LogP contribution in [0.5, 0.6) is 0 Å². The smallest absolute Gasteiger partial charge is 0.288 e. The van der Waals surface area contributed by atoms with Gasteiger partial charge in [-0.05, 0) is 12.1 Å². The number of rotatable bonds is 1. The maximum Gasteiger partial charge on any atom is 0.288 e. The molecule has 86 valence electrons. The SMILES string of the molecule is O=C1SCCN1c1nc2ccccc2c(=O)[nH]1. The van der Waals surface area contributed by atoms with Crippen LogP contribution in [0.25, 0.3) is 10.9 Å². The number of hydrogen-bond donors (Lipinski definition) is 1. The van der Waals surface area contributed by atoms with Gasteiger partial charge in [0.2, 0.25) is 5.95 Å². The minimum Gasteiger partial charge on any atom is -0.292 e. The second-order valence-electron chi connectivity index (χ2n) is 3.67. The van der Waals surface area contributed by atoms with Gasteiger partial charge in [0, 0.05) is 12.3 Å². The summed E-state index contributed by atoms with van der Waals surface area (Å²) in [5.74, 6) is 1.07. The number of nitrogens with one attached hydrogen (secondary N) is 1. The summed E-state index contributed by atoms with van der Waals surface area (Å²) in [5, 5.41) is 0.471. The Labute approximate surface area is 101 Å². The lowest BCUT2D eigenvalue weighted by molar-refractivity contribution is 0.266. The van der Waals surface area contributed by atoms with Gasteiger partial charge < -0.3 is 0 Å². The van der Waals surface area contributed by atoms with Crippen LogP contribution in [0.15, 0.2) is 29.1 Å². The lowest BCUT2D eigenvalue weighted by Crippen LogP contribution is -2.27. The molecule has 1 aromatic carbocycles. The molecule has 2 heterocycles. The van der Waals surface area contributed by atoms with E-state index in [0.29, 0.717) is 23.4 Å². The quantitative estimate of drug-likeness (QED) is 0.831. The van der Waals surface area contributed by atoms with Gasteiger partial charge in [0.05, 0.1) is 10.9 Å². The normalized spacial score (nSPS) is 15.8. The van der Waals surface area contributed by atoms with Crippen LogP contribution in [0.2, 0.25) is 0 Å². The first-order valence-corrected chi connectivity index (χ1v) is 6.17. The molecule has 1 saturated heterocycles. The largest absolute Gasteiger partial charge is 0.292 e. The monoisotopic (exact) mass is 247 g/mol. The number of H-pyrrole nitrogens is 1. The van der Waals surface area contributed by atoms with E-state index in [-0.39, 0.29) is 10.8 Å². The molecule has 3 rings (SSSR count). The molecule has 5 nitrogen and oxygen atoms in total. The number of aromatic amines is 1. The summed E-state index contributed by atoms with van der Waals surface area (Å²) < 4.78 is 0. The molecular formula is C11H9N3O2S. The molecule has 1 N–H and O–H groups in total. The predicted octanol–water partition coefficient (Wildman–Crippen LogP) is 1.60. The highest BCUT2D eigenvalue weighted by atomic mass is 32.2. The molecule has 2 aromatic rings. The maximum absolute atomic E-state index is 11.8. The summed E-state index contributed by atoms with van der Waals surface area (Å²) in [6, 6.07) is 7.09. The number of carbonyl (C=O) groups excluding carboxylic acids is 1. The topological polar surface area (TPSA) is 66.1 Å². The number of hydrogen-bond acceptors (Lipinski definition) is 4. The van der Waals surface area contributed by atoms with E-state index >= 15 is 0 Å². The van der Waals surface area contributed by atoms with Gasteiger partial charge in [0.1, 0.15) is 0 Å². The average molecular weight is 247 g/mol. The maximum atomic E-state index is 11.8. The molecule has 6 heteroatoms. The molecule has 0 bridgehead atoms. The van der Waals surface area contributed by atoms with Crippen LogP contribution in [0.4, 0.5) is 10.7 Å². The van der Waals surface area contributed by atoms with Gasteiger partial charge in [-0.15, -0.1) is 0 Å². The van der Waals surface area contributed by atoms with Crippen LogP contribution in [0.3, 0.4) is 0 Å². The Kier molecular flexibility index (Phi) is 2.36. The second-order valence-corrected chi connectivity index (χ2v) is 4.72. The summed E-state index contributed by atoms with van der Waals surface area (Å²) in [7, 11) is 0. The summed E-state index contributed by atoms with van der Waals surface area (Å²) in [6.07, 6.45) is 0. The highest BCUT2D eigenvalue weighted by Crippen LogP contribution is 2.22. The van der Waals surface area contributed by atoms with Crippen molar-refractivity contribution < 1.29 is 4.79 Å². The highest BCUT2D eigenvalue weighted by Gasteiger charge is 2.24. The Morgan fingerprint density at radius 3 is 2.88 bits per heavy atom. The molecule has 1 amide bonds. The third-order valence-corrected chi connectivity index (χ3v) is 3.47. The van der Waals surface area contributed by atoms with E-state index in [1.807, 2.05) is 6.07 Å². The highest BCUT2D eigenvalue weighted by molar-refractivity contribution is 8.14. The fourth-order valence-electron chi connectivity index (χ4n) is 1.79. The van der Waals surface area contributed by atoms with Gasteiger partial charge in [-0.3, -0.25) is 19.5 Å². The number of aromatic nitrogens is 2. The summed E-state index contributed by atoms with van der Waals surface area (Å²) in [4.78, 5) is 31.8. The van der Waals surface area contributed by atoms with Gasteiger partial charge in [0.25, 0.3) is 10.8 Å². The first-order chi connectivity index (χ1) is 8.25. The average Bonchev–Trinajstić information content (AvgIpc) is 2.75. The van der Waals surface area contributed by atoms with Crippen molar-refractivity contribution in [3.8, 4) is 0 Å². The first-order valence-electron chi connectivity index (χ1n) is 5.19. The van der Waals surface area contributed by atoms with Gasteiger partial charge in [-0.25, -0.2) is 4.98 Å². The predicted molar refractivity (Wildman–Crippen MR) is 67.6 cm³/mol. The minimum absolute atomic E-state index is 0.0663. The Morgan fingerprint density at radius 2 is 2.12 bits per heavy atom. The number of anilines is 1. The van der Waals surface area contributed by atoms with Crippen molar-refractivity contribution in [3.63, 3.8) is 0 Å². The standard InChI is InChI=1S/C11H9N3O2S/c15-9-7-3-1-2-4-8(7)12-10(13-9)14-5-6-17-11(14)16/h1-4H,5-6H2,(H,12,13,15). The zero-order valence-electron chi connectivity index (χ0n) is 8.84. The van der Waals surface area contributed by atoms with Crippen LogP contribution >= 0.6 is 11.8 Å². The van der Waals surface area contributed by atoms with Gasteiger partial charge in [0.15, 0.2) is 0 Å². The number of thioether (sulfide) groups is 1. The minimum atomic E-state index is -0.213. The van der Waals surface area contributed by atoms with Crippen molar-refractivity contribution in [2.75, 3.05) is 17.2 Å². The van der Waals surface area contributed by atoms with E-state index in [1.54, 1.807) is 18.2 Å². The summed E-state index contributed by atoms with van der Waals surface area (Å²) in [5.41, 5.74) is 0.395. The molecule has 1 aromatic heterocycles. The lowest BCUT2D eigenvalue weighted by atomic mass is 10.2. The number of carbonyl (C=O) groups is 1. The van der Waals surface area contributed by atoms with Crippen molar-refractivity contribution >= 4 is 33.9 Å². The number of benzene rings is 1. The number of nitrogens with zero attached hydrogens (tertiary/aromatic N) is 2. The van der Waals surface area contributed by atoms with Gasteiger partial charge in [-0.1, -0.05) is 23.9 Å². The Hall–Kier alpha value is -1.82. The molecule has 1 aliphatic heterocycles. The molecule has 0 atom stereocenters. The molecular weight excluding hydrogens is 238 g/mol. The van der Waals surface area contributed by atoms with E-state index in [2.05, 4.69) is 9.97 Å². The van der Waals surface area contributed by atoms with E-state index in [0.717, 1.165) is 5.75 Å². The van der Waals surface area contributed by atoms with Crippen LogP contribution in [0, 0.1) is 0 Å². The molecule has 0 unspecified atom stereocenters. The summed E-state index contributed by atoms with van der Waals surface area (Å²) in [6.45, 7) is 0.588. The third kappa shape index (κ3) is 1.70. The molecule has 0 aliphatic carbocycles. The van der Waals surface area contributed by atoms with Crippen molar-refractivity contribution in [2.45, 2.75) is 0 Å². The fraction of sp³-hybridized carbons (Fsp3) is 0.182. The van der Waals surface area contributed by atoms with Crippen LogP contribution < -0.4 is 10.5 Å². The van der Waals surface area contributed by atoms with Crippen LogP contribution in [-0.4, -0.2) is 27.5 Å². The number of para-hydroxylation sites is 1. The van der Waals surface area contributed by atoms with Crippen LogP contribution in [-0.2, 0) is 0 Å². The number of fused-ring (bicyclic) bond motifs is 1. The molecule has 17 heavy (non-hydrogen) atoms. The van der Waals surface area contributed by atoms with Crippen molar-refractivity contribution in [3.05, 3.63) is 34.6 Å². The Morgan fingerprint density at radius 1 is 1.29 bits per heavy atom. The van der Waals surface area contributed by atoms with Gasteiger partial charge in [-0.2, -0.15) is 0 Å². The zero-order valence-corrected chi connectivity index (χ0v) is 9.66. The van der Waals surface area contributed by atoms with Crippen molar-refractivity contribution in [2.24, 2.45) is 0 Å². The second kappa shape index (κ2) is 3.89. The Balaban J connectivity index is 2.18. The first kappa shape index (κ1) is 10.3. The fourth-order valence-corrected chi connectivity index (χ4v) is 2.57. The van der Waals surface area contributed by atoms with E-state index in [4.69, 9.17) is 0 Å². The summed E-state index contributed by atoms with van der Waals surface area (Å²) >= 11 is 1.24. The van der Waals surface area contributed by atoms with Crippen LogP contribution in [0.1, 0.15) is 0 Å². The number of amides is 1. The van der Waals surface area contributed by atoms with E-state index in [9.17, 15) is 9.59 Å².